The third-order valence-electron chi connectivity index (χ3n) is 3.77. The van der Waals surface area contributed by atoms with Crippen molar-refractivity contribution in [3.63, 3.8) is 0 Å². The van der Waals surface area contributed by atoms with Crippen molar-refractivity contribution in [2.24, 2.45) is 7.05 Å². The van der Waals surface area contributed by atoms with E-state index in [1.54, 1.807) is 19.4 Å². The van der Waals surface area contributed by atoms with Crippen molar-refractivity contribution >= 4 is 50.6 Å². The minimum atomic E-state index is -0.288. The Morgan fingerprint density at radius 3 is 2.43 bits per heavy atom. The zero-order chi connectivity index (χ0) is 16.6. The van der Waals surface area contributed by atoms with Gasteiger partial charge in [0.2, 0.25) is 0 Å². The lowest BCUT2D eigenvalue weighted by Gasteiger charge is -2.37. The first-order chi connectivity index (χ1) is 11.0. The Morgan fingerprint density at radius 2 is 1.78 bits per heavy atom. The van der Waals surface area contributed by atoms with Crippen molar-refractivity contribution in [1.82, 2.24) is 14.8 Å². The van der Waals surface area contributed by atoms with E-state index in [1.807, 2.05) is 6.07 Å². The van der Waals surface area contributed by atoms with E-state index in [9.17, 15) is 4.79 Å². The lowest BCUT2D eigenvalue weighted by Crippen LogP contribution is -2.47. The summed E-state index contributed by atoms with van der Waals surface area (Å²) in [4.78, 5) is 20.4. The van der Waals surface area contributed by atoms with Gasteiger partial charge in [-0.1, -0.05) is 23.2 Å². The van der Waals surface area contributed by atoms with Crippen LogP contribution in [-0.4, -0.2) is 40.9 Å². The van der Waals surface area contributed by atoms with Gasteiger partial charge in [0.25, 0.3) is 5.56 Å². The maximum Gasteiger partial charge on any atom is 0.287 e. The lowest BCUT2D eigenvalue weighted by molar-refractivity contribution is 0.638. The second-order valence-electron chi connectivity index (χ2n) is 5.21. The number of anilines is 2. The molecule has 3 heterocycles. The third-order valence-corrected chi connectivity index (χ3v) is 4.84. The third kappa shape index (κ3) is 3.32. The van der Waals surface area contributed by atoms with Crippen LogP contribution in [0.4, 0.5) is 11.5 Å². The molecule has 3 rings (SSSR count). The normalized spacial score (nSPS) is 15.1. The second kappa shape index (κ2) is 6.67. The summed E-state index contributed by atoms with van der Waals surface area (Å²) in [7, 11) is 1.58. The molecule has 0 amide bonds. The Labute approximate surface area is 151 Å². The highest BCUT2D eigenvalue weighted by molar-refractivity contribution is 9.10. The molecular formula is C14H14BrCl2N5O. The van der Waals surface area contributed by atoms with Crippen molar-refractivity contribution in [3.05, 3.63) is 43.3 Å². The molecule has 0 aliphatic carbocycles. The molecule has 23 heavy (non-hydrogen) atoms. The quantitative estimate of drug-likeness (QED) is 0.750. The van der Waals surface area contributed by atoms with Crippen LogP contribution in [0.15, 0.2) is 27.7 Å². The van der Waals surface area contributed by atoms with Gasteiger partial charge in [0.05, 0.1) is 16.9 Å². The van der Waals surface area contributed by atoms with E-state index < -0.39 is 0 Å². The molecule has 0 N–H and O–H groups in total. The number of rotatable bonds is 2. The molecule has 0 unspecified atom stereocenters. The lowest BCUT2D eigenvalue weighted by atomic mass is 10.2. The van der Waals surface area contributed by atoms with Gasteiger partial charge < -0.3 is 9.80 Å². The number of piperazine rings is 1. The van der Waals surface area contributed by atoms with Crippen LogP contribution in [0.5, 0.6) is 0 Å². The molecule has 1 aliphatic rings. The van der Waals surface area contributed by atoms with Crippen LogP contribution >= 0.6 is 39.1 Å². The number of pyridine rings is 1. The largest absolute Gasteiger partial charge is 0.365 e. The average molecular weight is 419 g/mol. The maximum absolute atomic E-state index is 11.9. The van der Waals surface area contributed by atoms with Crippen molar-refractivity contribution in [2.45, 2.75) is 0 Å². The van der Waals surface area contributed by atoms with E-state index in [-0.39, 0.29) is 10.6 Å². The first-order valence-corrected chi connectivity index (χ1v) is 8.55. The highest BCUT2D eigenvalue weighted by Gasteiger charge is 2.22. The second-order valence-corrected chi connectivity index (χ2v) is 6.91. The molecule has 1 fully saturated rings. The van der Waals surface area contributed by atoms with E-state index in [4.69, 9.17) is 23.2 Å². The highest BCUT2D eigenvalue weighted by atomic mass is 79.9. The summed E-state index contributed by atoms with van der Waals surface area (Å²) < 4.78 is 2.08. The molecule has 0 saturated carbocycles. The molecule has 6 nitrogen and oxygen atoms in total. The summed E-state index contributed by atoms with van der Waals surface area (Å²) >= 11 is 15.8. The zero-order valence-electron chi connectivity index (χ0n) is 12.3. The number of halogens is 3. The van der Waals surface area contributed by atoms with Crippen LogP contribution in [0.1, 0.15) is 0 Å². The Morgan fingerprint density at radius 1 is 1.13 bits per heavy atom. The molecule has 0 aromatic carbocycles. The van der Waals surface area contributed by atoms with E-state index in [0.29, 0.717) is 23.8 Å². The fourth-order valence-electron chi connectivity index (χ4n) is 2.52. The fourth-order valence-corrected chi connectivity index (χ4v) is 3.56. The van der Waals surface area contributed by atoms with Crippen LogP contribution in [-0.2, 0) is 7.05 Å². The SMILES string of the molecule is Cn1ncc(N2CCN(c3ncc(Br)cc3Cl)CC2)c(Cl)c1=O. The topological polar surface area (TPSA) is 54.3 Å². The number of aromatic nitrogens is 3. The molecule has 2 aromatic heterocycles. The van der Waals surface area contributed by atoms with Gasteiger partial charge in [0, 0.05) is 43.9 Å². The molecule has 2 aromatic rings. The van der Waals surface area contributed by atoms with Gasteiger partial charge in [0.15, 0.2) is 0 Å². The molecule has 0 bridgehead atoms. The van der Waals surface area contributed by atoms with Crippen molar-refractivity contribution in [3.8, 4) is 0 Å². The van der Waals surface area contributed by atoms with Gasteiger partial charge in [-0.3, -0.25) is 4.79 Å². The van der Waals surface area contributed by atoms with Crippen molar-refractivity contribution in [2.75, 3.05) is 36.0 Å². The number of aryl methyl sites for hydroxylation is 1. The summed E-state index contributed by atoms with van der Waals surface area (Å²) in [6, 6.07) is 1.83. The van der Waals surface area contributed by atoms with E-state index in [2.05, 4.69) is 35.8 Å². The molecule has 0 spiro atoms. The minimum Gasteiger partial charge on any atom is -0.365 e. The first kappa shape index (κ1) is 16.5. The minimum absolute atomic E-state index is 0.204. The van der Waals surface area contributed by atoms with E-state index in [1.165, 1.54) is 4.68 Å². The fraction of sp³-hybridized carbons (Fsp3) is 0.357. The monoisotopic (exact) mass is 417 g/mol. The Balaban J connectivity index is 1.76. The molecule has 0 atom stereocenters. The summed E-state index contributed by atoms with van der Waals surface area (Å²) in [5.74, 6) is 0.766. The standard InChI is InChI=1S/C14H14BrCl2N5O/c1-20-14(23)12(17)11(8-19-20)21-2-4-22(5-3-21)13-10(16)6-9(15)7-18-13/h6-8H,2-5H2,1H3. The summed E-state index contributed by atoms with van der Waals surface area (Å²) in [6.07, 6.45) is 3.36. The summed E-state index contributed by atoms with van der Waals surface area (Å²) in [5, 5.41) is 4.86. The van der Waals surface area contributed by atoms with Crippen LogP contribution in [0, 0.1) is 0 Å². The molecule has 1 saturated heterocycles. The number of nitrogens with zero attached hydrogens (tertiary/aromatic N) is 5. The zero-order valence-corrected chi connectivity index (χ0v) is 15.4. The molecule has 122 valence electrons. The molecule has 0 radical (unpaired) electrons. The molecule has 1 aliphatic heterocycles. The summed E-state index contributed by atoms with van der Waals surface area (Å²) in [6.45, 7) is 2.89. The van der Waals surface area contributed by atoms with Crippen LogP contribution < -0.4 is 15.4 Å². The van der Waals surface area contributed by atoms with Gasteiger partial charge in [-0.15, -0.1) is 0 Å². The van der Waals surface area contributed by atoms with Gasteiger partial charge in [0.1, 0.15) is 10.8 Å². The smallest absolute Gasteiger partial charge is 0.287 e. The Bertz CT molecular complexity index is 789. The van der Waals surface area contributed by atoms with Crippen molar-refractivity contribution < 1.29 is 0 Å². The number of hydrogen-bond acceptors (Lipinski definition) is 5. The molecule has 9 heteroatoms. The average Bonchev–Trinajstić information content (AvgIpc) is 2.53. The predicted octanol–water partition coefficient (Wildman–Crippen LogP) is 2.57. The maximum atomic E-state index is 11.9. The van der Waals surface area contributed by atoms with Crippen LogP contribution in [0.3, 0.4) is 0 Å². The van der Waals surface area contributed by atoms with Crippen LogP contribution in [0.25, 0.3) is 0 Å². The summed E-state index contributed by atoms with van der Waals surface area (Å²) in [5.41, 5.74) is 0.383. The Kier molecular flexibility index (Phi) is 4.79. The first-order valence-electron chi connectivity index (χ1n) is 7.00. The number of hydrogen-bond donors (Lipinski definition) is 0. The van der Waals surface area contributed by atoms with Gasteiger partial charge >= 0.3 is 0 Å². The Hall–Kier alpha value is -1.31. The van der Waals surface area contributed by atoms with Crippen molar-refractivity contribution in [1.29, 1.82) is 0 Å². The van der Waals surface area contributed by atoms with E-state index in [0.717, 1.165) is 23.4 Å². The van der Waals surface area contributed by atoms with Gasteiger partial charge in [-0.05, 0) is 22.0 Å². The predicted molar refractivity (Wildman–Crippen MR) is 95.9 cm³/mol. The molecular weight excluding hydrogens is 405 g/mol. The van der Waals surface area contributed by atoms with Gasteiger partial charge in [-0.2, -0.15) is 5.10 Å². The van der Waals surface area contributed by atoms with Gasteiger partial charge in [-0.25, -0.2) is 9.67 Å². The van der Waals surface area contributed by atoms with E-state index >= 15 is 0 Å². The van der Waals surface area contributed by atoms with Crippen LogP contribution in [0.2, 0.25) is 10.0 Å². The highest BCUT2D eigenvalue weighted by Crippen LogP contribution is 2.28.